The van der Waals surface area contributed by atoms with E-state index in [4.69, 9.17) is 4.74 Å². The van der Waals surface area contributed by atoms with Crippen molar-refractivity contribution >= 4 is 28.2 Å². The van der Waals surface area contributed by atoms with Crippen LogP contribution in [0.3, 0.4) is 0 Å². The van der Waals surface area contributed by atoms with E-state index in [9.17, 15) is 14.9 Å². The predicted octanol–water partition coefficient (Wildman–Crippen LogP) is 3.96. The van der Waals surface area contributed by atoms with Gasteiger partial charge in [0, 0.05) is 17.3 Å². The van der Waals surface area contributed by atoms with E-state index in [2.05, 4.69) is 37.1 Å². The fraction of sp³-hybridized carbons (Fsp3) is 0.429. The molecule has 0 fully saturated rings. The summed E-state index contributed by atoms with van der Waals surface area (Å²) in [6, 6.07) is 5.42. The molecule has 1 aliphatic rings. The highest BCUT2D eigenvalue weighted by atomic mass is 32.1. The molecule has 0 spiro atoms. The minimum absolute atomic E-state index is 0.207. The van der Waals surface area contributed by atoms with E-state index >= 15 is 0 Å². The summed E-state index contributed by atoms with van der Waals surface area (Å²) in [5, 5.41) is 12.9. The minimum atomic E-state index is -0.609. The Bertz CT molecular complexity index is 923. The lowest BCUT2D eigenvalue weighted by Gasteiger charge is -2.33. The van der Waals surface area contributed by atoms with Crippen molar-refractivity contribution in [2.24, 2.45) is 11.3 Å². The molecule has 6 nitrogen and oxygen atoms in total. The monoisotopic (exact) mass is 397 g/mol. The summed E-state index contributed by atoms with van der Waals surface area (Å²) in [4.78, 5) is 29.2. The normalized spacial score (nSPS) is 16.0. The van der Waals surface area contributed by atoms with Crippen molar-refractivity contribution in [1.82, 2.24) is 4.98 Å². The number of amides is 1. The van der Waals surface area contributed by atoms with Crippen LogP contribution in [0.2, 0.25) is 0 Å². The highest BCUT2D eigenvalue weighted by Gasteiger charge is 2.32. The Morgan fingerprint density at radius 3 is 2.86 bits per heavy atom. The summed E-state index contributed by atoms with van der Waals surface area (Å²) in [6.45, 7) is 6.30. The Kier molecular flexibility index (Phi) is 5.80. The Balaban J connectivity index is 1.66. The fourth-order valence-corrected chi connectivity index (χ4v) is 4.69. The highest BCUT2D eigenvalue weighted by molar-refractivity contribution is 7.16. The van der Waals surface area contributed by atoms with Gasteiger partial charge in [-0.1, -0.05) is 20.8 Å². The Morgan fingerprint density at radius 2 is 2.21 bits per heavy atom. The number of nitrogens with one attached hydrogen (secondary N) is 1. The summed E-state index contributed by atoms with van der Waals surface area (Å²) in [7, 11) is 0. The number of carbonyl (C=O) groups excluding carboxylic acids is 2. The first-order valence-corrected chi connectivity index (χ1v) is 10.0. The molecule has 2 aromatic rings. The number of thiophene rings is 1. The molecule has 2 heterocycles. The van der Waals surface area contributed by atoms with Crippen LogP contribution in [0.4, 0.5) is 5.00 Å². The number of nitrogens with zero attached hydrogens (tertiary/aromatic N) is 2. The van der Waals surface area contributed by atoms with Gasteiger partial charge in [0.05, 0.1) is 11.1 Å². The molecule has 0 radical (unpaired) electrons. The van der Waals surface area contributed by atoms with Crippen LogP contribution in [0.15, 0.2) is 24.5 Å². The molecule has 0 unspecified atom stereocenters. The van der Waals surface area contributed by atoms with Crippen molar-refractivity contribution in [3.63, 3.8) is 0 Å². The number of nitriles is 1. The maximum absolute atomic E-state index is 12.2. The van der Waals surface area contributed by atoms with Gasteiger partial charge >= 0.3 is 5.97 Å². The number of fused-ring (bicyclic) bond motifs is 1. The van der Waals surface area contributed by atoms with E-state index in [-0.39, 0.29) is 11.0 Å². The lowest BCUT2D eigenvalue weighted by Crippen LogP contribution is -2.26. The minimum Gasteiger partial charge on any atom is -0.452 e. The van der Waals surface area contributed by atoms with Crippen LogP contribution >= 0.6 is 11.3 Å². The molecule has 146 valence electrons. The molecular formula is C21H23N3O3S. The van der Waals surface area contributed by atoms with E-state index in [1.165, 1.54) is 22.4 Å². The first kappa shape index (κ1) is 20.0. The third-order valence-corrected chi connectivity index (χ3v) is 6.26. The van der Waals surface area contributed by atoms with Gasteiger partial charge < -0.3 is 10.1 Å². The zero-order chi connectivity index (χ0) is 20.3. The van der Waals surface area contributed by atoms with E-state index < -0.39 is 18.5 Å². The van der Waals surface area contributed by atoms with E-state index in [1.54, 1.807) is 18.3 Å². The molecule has 28 heavy (non-hydrogen) atoms. The maximum Gasteiger partial charge on any atom is 0.340 e. The van der Waals surface area contributed by atoms with Crippen LogP contribution < -0.4 is 5.32 Å². The largest absolute Gasteiger partial charge is 0.452 e. The van der Waals surface area contributed by atoms with E-state index in [0.29, 0.717) is 16.5 Å². The van der Waals surface area contributed by atoms with Crippen molar-refractivity contribution in [2.75, 3.05) is 11.9 Å². The predicted molar refractivity (Wildman–Crippen MR) is 107 cm³/mol. The van der Waals surface area contributed by atoms with Gasteiger partial charge in [0.2, 0.25) is 0 Å². The molecule has 0 bridgehead atoms. The van der Waals surface area contributed by atoms with Crippen LogP contribution in [-0.4, -0.2) is 23.5 Å². The molecule has 7 heteroatoms. The second kappa shape index (κ2) is 8.11. The lowest BCUT2D eigenvalue weighted by molar-refractivity contribution is -0.119. The van der Waals surface area contributed by atoms with Gasteiger partial charge in [0.25, 0.3) is 5.91 Å². The molecule has 3 rings (SSSR count). The first-order chi connectivity index (χ1) is 13.3. The Labute approximate surface area is 168 Å². The molecule has 1 aliphatic carbocycles. The molecule has 1 amide bonds. The number of hydrogen-bond donors (Lipinski definition) is 1. The van der Waals surface area contributed by atoms with Gasteiger partial charge in [-0.05, 0) is 48.3 Å². The fourth-order valence-electron chi connectivity index (χ4n) is 3.39. The molecular weight excluding hydrogens is 374 g/mol. The molecule has 1 N–H and O–H groups in total. The maximum atomic E-state index is 12.2. The van der Waals surface area contributed by atoms with Crippen molar-refractivity contribution in [3.8, 4) is 6.07 Å². The van der Waals surface area contributed by atoms with Crippen LogP contribution in [0.5, 0.6) is 0 Å². The lowest BCUT2D eigenvalue weighted by atomic mass is 9.72. The highest BCUT2D eigenvalue weighted by Crippen LogP contribution is 2.43. The van der Waals surface area contributed by atoms with E-state index in [1.807, 2.05) is 0 Å². The molecule has 0 aromatic carbocycles. The van der Waals surface area contributed by atoms with Crippen molar-refractivity contribution in [2.45, 2.75) is 40.0 Å². The quantitative estimate of drug-likeness (QED) is 0.789. The summed E-state index contributed by atoms with van der Waals surface area (Å²) < 4.78 is 5.03. The zero-order valence-electron chi connectivity index (χ0n) is 16.2. The summed E-state index contributed by atoms with van der Waals surface area (Å²) in [6.07, 6.45) is 5.74. The number of hydrogen-bond acceptors (Lipinski definition) is 6. The molecule has 0 saturated heterocycles. The van der Waals surface area contributed by atoms with Crippen molar-refractivity contribution in [3.05, 3.63) is 46.1 Å². The standard InChI is InChI=1S/C21H23N3O3S/c1-21(2,3)14-6-7-15-16(10-22)19(28-17(15)9-14)24-18(25)12-27-20(26)13-5-4-8-23-11-13/h4-5,8,11,14H,6-7,9,12H2,1-3H3,(H,24,25)/t14-/m1/s1. The summed E-state index contributed by atoms with van der Waals surface area (Å²) >= 11 is 1.46. The molecule has 0 saturated carbocycles. The molecule has 2 aromatic heterocycles. The third kappa shape index (κ3) is 4.39. The molecule has 0 aliphatic heterocycles. The zero-order valence-corrected chi connectivity index (χ0v) is 17.1. The van der Waals surface area contributed by atoms with E-state index in [0.717, 1.165) is 24.8 Å². The van der Waals surface area contributed by atoms with Gasteiger partial charge in [-0.3, -0.25) is 9.78 Å². The Hall–Kier alpha value is -2.72. The van der Waals surface area contributed by atoms with Crippen LogP contribution in [0.1, 0.15) is 53.6 Å². The van der Waals surface area contributed by atoms with Gasteiger partial charge in [0.1, 0.15) is 11.1 Å². The summed E-state index contributed by atoms with van der Waals surface area (Å²) in [5.74, 6) is -0.517. The second-order valence-electron chi connectivity index (χ2n) is 7.99. The first-order valence-electron chi connectivity index (χ1n) is 9.21. The topological polar surface area (TPSA) is 92.1 Å². The average molecular weight is 398 g/mol. The smallest absolute Gasteiger partial charge is 0.340 e. The number of pyridine rings is 1. The summed E-state index contributed by atoms with van der Waals surface area (Å²) in [5.41, 5.74) is 2.08. The van der Waals surface area contributed by atoms with Gasteiger partial charge in [-0.15, -0.1) is 11.3 Å². The number of esters is 1. The SMILES string of the molecule is CC(C)(C)[C@@H]1CCc2c(sc(NC(=O)COC(=O)c3cccnc3)c2C#N)C1. The number of carbonyl (C=O) groups is 2. The van der Waals surface area contributed by atoms with Crippen LogP contribution in [-0.2, 0) is 22.4 Å². The average Bonchev–Trinajstić information content (AvgIpc) is 3.02. The van der Waals surface area contributed by atoms with Crippen LogP contribution in [0.25, 0.3) is 0 Å². The number of anilines is 1. The van der Waals surface area contributed by atoms with Gasteiger partial charge in [0.15, 0.2) is 6.61 Å². The van der Waals surface area contributed by atoms with Gasteiger partial charge in [-0.2, -0.15) is 5.26 Å². The van der Waals surface area contributed by atoms with Crippen molar-refractivity contribution < 1.29 is 14.3 Å². The second-order valence-corrected chi connectivity index (χ2v) is 9.10. The third-order valence-electron chi connectivity index (χ3n) is 5.09. The van der Waals surface area contributed by atoms with Crippen molar-refractivity contribution in [1.29, 1.82) is 5.26 Å². The Morgan fingerprint density at radius 1 is 1.43 bits per heavy atom. The number of ether oxygens (including phenoxy) is 1. The number of rotatable bonds is 4. The van der Waals surface area contributed by atoms with Gasteiger partial charge in [-0.25, -0.2) is 4.79 Å². The molecule has 1 atom stereocenters. The van der Waals surface area contributed by atoms with Crippen LogP contribution in [0, 0.1) is 22.7 Å². The number of aromatic nitrogens is 1.